The van der Waals surface area contributed by atoms with E-state index in [9.17, 15) is 0 Å². The first-order chi connectivity index (χ1) is 10.4. The molecule has 1 aliphatic rings. The molecule has 1 atom stereocenters. The summed E-state index contributed by atoms with van der Waals surface area (Å²) in [4.78, 5) is 4.00. The molecule has 1 N–H and O–H groups in total. The van der Waals surface area contributed by atoms with Crippen molar-refractivity contribution in [1.82, 2.24) is 20.1 Å². The highest BCUT2D eigenvalue weighted by atomic mass is 16.5. The zero-order chi connectivity index (χ0) is 14.3. The summed E-state index contributed by atoms with van der Waals surface area (Å²) in [5.74, 6) is 0. The Labute approximate surface area is 125 Å². The normalized spacial score (nSPS) is 17.7. The van der Waals surface area contributed by atoms with E-state index < -0.39 is 0 Å². The summed E-state index contributed by atoms with van der Waals surface area (Å²) in [6.07, 6.45) is 6.55. The summed E-state index contributed by atoms with van der Waals surface area (Å²) in [6.45, 7) is 2.60. The molecule has 0 amide bonds. The number of hydrogen-bond acceptors (Lipinski definition) is 4. The summed E-state index contributed by atoms with van der Waals surface area (Å²) in [6, 6.07) is 11.5. The van der Waals surface area contributed by atoms with Gasteiger partial charge in [0.05, 0.1) is 0 Å². The van der Waals surface area contributed by atoms with E-state index in [0.717, 1.165) is 39.0 Å². The molecule has 1 saturated heterocycles. The maximum atomic E-state index is 5.44. The summed E-state index contributed by atoms with van der Waals surface area (Å²) in [7, 11) is 0. The predicted molar refractivity (Wildman–Crippen MR) is 80.8 cm³/mol. The van der Waals surface area contributed by atoms with Gasteiger partial charge in [0.1, 0.15) is 12.7 Å². The Hall–Kier alpha value is -1.72. The number of benzene rings is 1. The molecular formula is C16H22N4O. The third-order valence-electron chi connectivity index (χ3n) is 3.97. The predicted octanol–water partition coefficient (Wildman–Crippen LogP) is 2.18. The van der Waals surface area contributed by atoms with E-state index >= 15 is 0 Å². The topological polar surface area (TPSA) is 52.0 Å². The van der Waals surface area contributed by atoms with E-state index in [-0.39, 0.29) is 0 Å². The molecule has 0 aliphatic carbocycles. The first-order valence-electron chi connectivity index (χ1n) is 7.63. The molecule has 3 rings (SSSR count). The van der Waals surface area contributed by atoms with E-state index in [2.05, 4.69) is 45.7 Å². The van der Waals surface area contributed by atoms with E-state index in [1.807, 2.05) is 4.68 Å². The number of rotatable bonds is 6. The number of hydrogen-bond donors (Lipinski definition) is 1. The van der Waals surface area contributed by atoms with E-state index in [1.54, 1.807) is 12.7 Å². The molecule has 0 radical (unpaired) electrons. The molecule has 1 fully saturated rings. The Morgan fingerprint density at radius 2 is 2.05 bits per heavy atom. The SMILES string of the molecule is c1ccc([C@@H](CCn2cncn2)NC2CCOCC2)cc1. The van der Waals surface area contributed by atoms with Crippen LogP contribution < -0.4 is 5.32 Å². The Kier molecular flexibility index (Phi) is 4.97. The second-order valence-electron chi connectivity index (χ2n) is 5.46. The van der Waals surface area contributed by atoms with E-state index in [4.69, 9.17) is 4.74 Å². The fourth-order valence-electron chi connectivity index (χ4n) is 2.79. The monoisotopic (exact) mass is 286 g/mol. The number of nitrogens with zero attached hydrogens (tertiary/aromatic N) is 3. The fraction of sp³-hybridized carbons (Fsp3) is 0.500. The van der Waals surface area contributed by atoms with Crippen LogP contribution in [-0.4, -0.2) is 34.0 Å². The third-order valence-corrected chi connectivity index (χ3v) is 3.97. The molecule has 5 nitrogen and oxygen atoms in total. The second-order valence-corrected chi connectivity index (χ2v) is 5.46. The number of aromatic nitrogens is 3. The summed E-state index contributed by atoms with van der Waals surface area (Å²) < 4.78 is 7.33. The van der Waals surface area contributed by atoms with Crippen LogP contribution in [0.15, 0.2) is 43.0 Å². The van der Waals surface area contributed by atoms with Gasteiger partial charge in [0.15, 0.2) is 0 Å². The van der Waals surface area contributed by atoms with Gasteiger partial charge in [-0.1, -0.05) is 30.3 Å². The van der Waals surface area contributed by atoms with Gasteiger partial charge in [0.2, 0.25) is 0 Å². The number of nitrogens with one attached hydrogen (secondary N) is 1. The maximum absolute atomic E-state index is 5.44. The summed E-state index contributed by atoms with van der Waals surface area (Å²) in [5, 5.41) is 7.98. The van der Waals surface area contributed by atoms with Gasteiger partial charge >= 0.3 is 0 Å². The minimum Gasteiger partial charge on any atom is -0.381 e. The number of ether oxygens (including phenoxy) is 1. The zero-order valence-electron chi connectivity index (χ0n) is 12.2. The first kappa shape index (κ1) is 14.2. The van der Waals surface area contributed by atoms with Gasteiger partial charge < -0.3 is 10.1 Å². The molecule has 0 bridgehead atoms. The fourth-order valence-corrected chi connectivity index (χ4v) is 2.79. The second kappa shape index (κ2) is 7.33. The van der Waals surface area contributed by atoms with Crippen molar-refractivity contribution in [3.8, 4) is 0 Å². The first-order valence-corrected chi connectivity index (χ1v) is 7.63. The van der Waals surface area contributed by atoms with Crippen molar-refractivity contribution in [1.29, 1.82) is 0 Å². The molecule has 21 heavy (non-hydrogen) atoms. The molecule has 1 aliphatic heterocycles. The van der Waals surface area contributed by atoms with Crippen molar-refractivity contribution >= 4 is 0 Å². The average molecular weight is 286 g/mol. The molecular weight excluding hydrogens is 264 g/mol. The lowest BCUT2D eigenvalue weighted by molar-refractivity contribution is 0.0742. The maximum Gasteiger partial charge on any atom is 0.137 e. The van der Waals surface area contributed by atoms with Crippen LogP contribution in [0.3, 0.4) is 0 Å². The van der Waals surface area contributed by atoms with Gasteiger partial charge in [-0.25, -0.2) is 4.98 Å². The molecule has 112 valence electrons. The molecule has 1 aromatic carbocycles. The van der Waals surface area contributed by atoms with Crippen LogP contribution >= 0.6 is 0 Å². The van der Waals surface area contributed by atoms with Crippen LogP contribution in [0.1, 0.15) is 30.9 Å². The lowest BCUT2D eigenvalue weighted by Crippen LogP contribution is -2.37. The van der Waals surface area contributed by atoms with Crippen molar-refractivity contribution in [3.63, 3.8) is 0 Å². The lowest BCUT2D eigenvalue weighted by Gasteiger charge is -2.29. The lowest BCUT2D eigenvalue weighted by atomic mass is 10.0. The zero-order valence-corrected chi connectivity index (χ0v) is 12.2. The Morgan fingerprint density at radius 1 is 1.24 bits per heavy atom. The van der Waals surface area contributed by atoms with Gasteiger partial charge in [-0.15, -0.1) is 0 Å². The quantitative estimate of drug-likeness (QED) is 0.884. The van der Waals surface area contributed by atoms with Gasteiger partial charge in [-0.2, -0.15) is 5.10 Å². The molecule has 0 spiro atoms. The summed E-state index contributed by atoms with van der Waals surface area (Å²) >= 11 is 0. The standard InChI is InChI=1S/C16H22N4O/c1-2-4-14(5-3-1)16(6-9-20-13-17-12-18-20)19-15-7-10-21-11-8-15/h1-5,12-13,15-16,19H,6-11H2/t16-/m1/s1. The Morgan fingerprint density at radius 3 is 2.76 bits per heavy atom. The van der Waals surface area contributed by atoms with Crippen LogP contribution in [0.5, 0.6) is 0 Å². The van der Waals surface area contributed by atoms with Gasteiger partial charge in [-0.3, -0.25) is 4.68 Å². The van der Waals surface area contributed by atoms with Gasteiger partial charge in [0, 0.05) is 31.8 Å². The van der Waals surface area contributed by atoms with Crippen molar-refractivity contribution in [2.24, 2.45) is 0 Å². The summed E-state index contributed by atoms with van der Waals surface area (Å²) in [5.41, 5.74) is 1.34. The minimum atomic E-state index is 0.346. The third kappa shape index (κ3) is 4.12. The largest absolute Gasteiger partial charge is 0.381 e. The van der Waals surface area contributed by atoms with Crippen molar-refractivity contribution in [3.05, 3.63) is 48.5 Å². The van der Waals surface area contributed by atoms with Crippen molar-refractivity contribution < 1.29 is 4.74 Å². The molecule has 2 heterocycles. The molecule has 2 aromatic rings. The van der Waals surface area contributed by atoms with Gasteiger partial charge in [0.25, 0.3) is 0 Å². The Bertz CT molecular complexity index is 508. The Balaban J connectivity index is 1.65. The highest BCUT2D eigenvalue weighted by molar-refractivity contribution is 5.19. The van der Waals surface area contributed by atoms with Crippen LogP contribution in [0.4, 0.5) is 0 Å². The van der Waals surface area contributed by atoms with Crippen LogP contribution in [0.2, 0.25) is 0 Å². The highest BCUT2D eigenvalue weighted by Crippen LogP contribution is 2.20. The molecule has 0 saturated carbocycles. The number of aryl methyl sites for hydroxylation is 1. The molecule has 1 aromatic heterocycles. The van der Waals surface area contributed by atoms with E-state index in [1.165, 1.54) is 5.56 Å². The van der Waals surface area contributed by atoms with Crippen LogP contribution in [0, 0.1) is 0 Å². The van der Waals surface area contributed by atoms with Crippen molar-refractivity contribution in [2.75, 3.05) is 13.2 Å². The van der Waals surface area contributed by atoms with Crippen LogP contribution in [-0.2, 0) is 11.3 Å². The minimum absolute atomic E-state index is 0.346. The van der Waals surface area contributed by atoms with Crippen molar-refractivity contribution in [2.45, 2.75) is 37.9 Å². The average Bonchev–Trinajstić information content (AvgIpc) is 3.07. The highest BCUT2D eigenvalue weighted by Gasteiger charge is 2.19. The molecule has 5 heteroatoms. The smallest absolute Gasteiger partial charge is 0.137 e. The molecule has 0 unspecified atom stereocenters. The van der Waals surface area contributed by atoms with Gasteiger partial charge in [-0.05, 0) is 24.8 Å². The van der Waals surface area contributed by atoms with Crippen LogP contribution in [0.25, 0.3) is 0 Å². The van der Waals surface area contributed by atoms with E-state index in [0.29, 0.717) is 12.1 Å².